The van der Waals surface area contributed by atoms with Gasteiger partial charge in [0.2, 0.25) is 0 Å². The second-order valence-electron chi connectivity index (χ2n) is 5.56. The van der Waals surface area contributed by atoms with Crippen LogP contribution in [0.1, 0.15) is 58.4 Å². The van der Waals surface area contributed by atoms with E-state index < -0.39 is 0 Å². The molecule has 2 heterocycles. The highest BCUT2D eigenvalue weighted by molar-refractivity contribution is 5.59. The smallest absolute Gasteiger partial charge is 0.137 e. The molecule has 20 heavy (non-hydrogen) atoms. The normalized spacial score (nSPS) is 19.1. The molecule has 1 aromatic rings. The van der Waals surface area contributed by atoms with E-state index in [1.807, 2.05) is 0 Å². The minimum Gasteiger partial charge on any atom is -0.370 e. The van der Waals surface area contributed by atoms with E-state index in [9.17, 15) is 0 Å². The van der Waals surface area contributed by atoms with Crippen molar-refractivity contribution in [2.24, 2.45) is 0 Å². The zero-order chi connectivity index (χ0) is 14.4. The summed E-state index contributed by atoms with van der Waals surface area (Å²) in [4.78, 5) is 11.6. The van der Waals surface area contributed by atoms with Crippen molar-refractivity contribution in [3.63, 3.8) is 0 Å². The van der Waals surface area contributed by atoms with Gasteiger partial charge in [0.25, 0.3) is 0 Å². The van der Waals surface area contributed by atoms with Crippen LogP contribution in [0.3, 0.4) is 0 Å². The summed E-state index contributed by atoms with van der Waals surface area (Å²) < 4.78 is 0. The topological polar surface area (TPSA) is 41.1 Å². The Kier molecular flexibility index (Phi) is 5.62. The first-order valence-corrected chi connectivity index (χ1v) is 8.16. The second-order valence-corrected chi connectivity index (χ2v) is 5.56. The van der Waals surface area contributed by atoms with E-state index in [1.54, 1.807) is 6.33 Å². The van der Waals surface area contributed by atoms with Crippen molar-refractivity contribution in [1.82, 2.24) is 9.97 Å². The Hall–Kier alpha value is -1.32. The molecule has 112 valence electrons. The lowest BCUT2D eigenvalue weighted by Gasteiger charge is -2.37. The van der Waals surface area contributed by atoms with Crippen molar-refractivity contribution in [2.45, 2.75) is 65.3 Å². The molecule has 0 bridgehead atoms. The van der Waals surface area contributed by atoms with Crippen LogP contribution < -0.4 is 10.2 Å². The molecule has 1 N–H and O–H groups in total. The summed E-state index contributed by atoms with van der Waals surface area (Å²) >= 11 is 0. The minimum atomic E-state index is 0.642. The molecule has 0 aliphatic carbocycles. The first-order valence-electron chi connectivity index (χ1n) is 8.16. The fourth-order valence-corrected chi connectivity index (χ4v) is 3.15. The second kappa shape index (κ2) is 7.46. The largest absolute Gasteiger partial charge is 0.370 e. The quantitative estimate of drug-likeness (QED) is 0.861. The van der Waals surface area contributed by atoms with Crippen LogP contribution in [0.2, 0.25) is 0 Å². The van der Waals surface area contributed by atoms with Gasteiger partial charge in [0.15, 0.2) is 0 Å². The maximum absolute atomic E-state index is 4.64. The molecule has 1 atom stereocenters. The summed E-state index contributed by atoms with van der Waals surface area (Å²) in [5.74, 6) is 2.20. The number of hydrogen-bond donors (Lipinski definition) is 1. The third kappa shape index (κ3) is 3.22. The molecule has 0 spiro atoms. The van der Waals surface area contributed by atoms with Crippen LogP contribution in [-0.2, 0) is 6.42 Å². The zero-order valence-electron chi connectivity index (χ0n) is 13.2. The summed E-state index contributed by atoms with van der Waals surface area (Å²) in [6, 6.07) is 0.642. The predicted molar refractivity (Wildman–Crippen MR) is 85.5 cm³/mol. The lowest BCUT2D eigenvalue weighted by Crippen LogP contribution is -2.40. The van der Waals surface area contributed by atoms with Gasteiger partial charge in [-0.15, -0.1) is 0 Å². The zero-order valence-corrected chi connectivity index (χ0v) is 13.2. The lowest BCUT2D eigenvalue weighted by molar-refractivity contribution is 0.445. The Balaban J connectivity index is 2.35. The number of piperidine rings is 1. The number of nitrogens with one attached hydrogen (secondary N) is 1. The Labute approximate surface area is 123 Å². The Morgan fingerprint density at radius 3 is 2.80 bits per heavy atom. The third-order valence-corrected chi connectivity index (χ3v) is 4.14. The van der Waals surface area contributed by atoms with Gasteiger partial charge >= 0.3 is 0 Å². The molecule has 2 rings (SSSR count). The van der Waals surface area contributed by atoms with Crippen LogP contribution in [0, 0.1) is 0 Å². The summed E-state index contributed by atoms with van der Waals surface area (Å²) in [5, 5.41) is 3.40. The molecule has 0 saturated carbocycles. The minimum absolute atomic E-state index is 0.642. The molecule has 0 radical (unpaired) electrons. The van der Waals surface area contributed by atoms with E-state index in [1.165, 1.54) is 37.1 Å². The number of nitrogens with zero attached hydrogens (tertiary/aromatic N) is 3. The molecule has 1 aliphatic rings. The van der Waals surface area contributed by atoms with E-state index in [-0.39, 0.29) is 0 Å². The molecule has 1 unspecified atom stereocenters. The molecule has 0 aromatic carbocycles. The van der Waals surface area contributed by atoms with Gasteiger partial charge in [-0.2, -0.15) is 0 Å². The molecule has 1 aromatic heterocycles. The summed E-state index contributed by atoms with van der Waals surface area (Å²) in [6.07, 6.45) is 9.02. The SMILES string of the molecule is CCCc1c(NCC)ncnc1N1CCCCC1CC. The van der Waals surface area contributed by atoms with Crippen LogP contribution in [0.15, 0.2) is 6.33 Å². The standard InChI is InChI=1S/C16H28N4/c1-4-9-14-15(17-6-3)18-12-19-16(14)20-11-8-7-10-13(20)5-2/h12-13H,4-11H2,1-3H3,(H,17,18,19). The maximum Gasteiger partial charge on any atom is 0.137 e. The maximum atomic E-state index is 4.64. The van der Waals surface area contributed by atoms with Crippen LogP contribution >= 0.6 is 0 Å². The van der Waals surface area contributed by atoms with Crippen molar-refractivity contribution in [3.8, 4) is 0 Å². The molecule has 1 fully saturated rings. The first-order chi connectivity index (χ1) is 9.81. The molecule has 4 heteroatoms. The van der Waals surface area contributed by atoms with Crippen LogP contribution in [0.25, 0.3) is 0 Å². The van der Waals surface area contributed by atoms with Gasteiger partial charge in [-0.1, -0.05) is 20.3 Å². The van der Waals surface area contributed by atoms with Crippen molar-refractivity contribution < 1.29 is 0 Å². The molecule has 4 nitrogen and oxygen atoms in total. The summed E-state index contributed by atoms with van der Waals surface area (Å²) in [5.41, 5.74) is 1.30. The van der Waals surface area contributed by atoms with Crippen LogP contribution in [0.5, 0.6) is 0 Å². The van der Waals surface area contributed by atoms with E-state index in [0.29, 0.717) is 6.04 Å². The molecular weight excluding hydrogens is 248 g/mol. The highest BCUT2D eigenvalue weighted by Gasteiger charge is 2.25. The fourth-order valence-electron chi connectivity index (χ4n) is 3.15. The van der Waals surface area contributed by atoms with E-state index in [2.05, 4.69) is 41.0 Å². The van der Waals surface area contributed by atoms with Crippen molar-refractivity contribution in [3.05, 3.63) is 11.9 Å². The Morgan fingerprint density at radius 1 is 1.25 bits per heavy atom. The summed E-state index contributed by atoms with van der Waals surface area (Å²) in [7, 11) is 0. The van der Waals surface area contributed by atoms with Gasteiger partial charge in [-0.05, 0) is 39.0 Å². The van der Waals surface area contributed by atoms with Gasteiger partial charge < -0.3 is 10.2 Å². The van der Waals surface area contributed by atoms with Crippen LogP contribution in [-0.4, -0.2) is 29.1 Å². The Morgan fingerprint density at radius 2 is 2.10 bits per heavy atom. The monoisotopic (exact) mass is 276 g/mol. The highest BCUT2D eigenvalue weighted by Crippen LogP contribution is 2.31. The molecule has 1 aliphatic heterocycles. The van der Waals surface area contributed by atoms with Gasteiger partial charge in [0.05, 0.1) is 0 Å². The van der Waals surface area contributed by atoms with Gasteiger partial charge in [0.1, 0.15) is 18.0 Å². The van der Waals surface area contributed by atoms with E-state index >= 15 is 0 Å². The van der Waals surface area contributed by atoms with Crippen molar-refractivity contribution in [2.75, 3.05) is 23.3 Å². The average Bonchev–Trinajstić information content (AvgIpc) is 2.49. The first kappa shape index (κ1) is 15.1. The number of anilines is 2. The molecule has 1 saturated heterocycles. The van der Waals surface area contributed by atoms with Crippen molar-refractivity contribution >= 4 is 11.6 Å². The van der Waals surface area contributed by atoms with Gasteiger partial charge in [-0.25, -0.2) is 9.97 Å². The fraction of sp³-hybridized carbons (Fsp3) is 0.750. The number of rotatable bonds is 6. The third-order valence-electron chi connectivity index (χ3n) is 4.14. The molecular formula is C16H28N4. The Bertz CT molecular complexity index is 419. The average molecular weight is 276 g/mol. The predicted octanol–water partition coefficient (Wildman–Crippen LogP) is 3.63. The van der Waals surface area contributed by atoms with E-state index in [0.717, 1.165) is 31.7 Å². The number of hydrogen-bond acceptors (Lipinski definition) is 4. The lowest BCUT2D eigenvalue weighted by atomic mass is 9.99. The summed E-state index contributed by atoms with van der Waals surface area (Å²) in [6.45, 7) is 8.67. The van der Waals surface area contributed by atoms with Crippen LogP contribution in [0.4, 0.5) is 11.6 Å². The highest BCUT2D eigenvalue weighted by atomic mass is 15.2. The van der Waals surface area contributed by atoms with Crippen molar-refractivity contribution in [1.29, 1.82) is 0 Å². The van der Waals surface area contributed by atoms with E-state index in [4.69, 9.17) is 0 Å². The van der Waals surface area contributed by atoms with Gasteiger partial charge in [0, 0.05) is 24.7 Å². The number of aromatic nitrogens is 2. The molecule has 0 amide bonds. The van der Waals surface area contributed by atoms with Gasteiger partial charge in [-0.3, -0.25) is 0 Å².